The number of halogens is 1. The molecule has 0 saturated heterocycles. The van der Waals surface area contributed by atoms with Crippen molar-refractivity contribution >= 4 is 33.5 Å². The van der Waals surface area contributed by atoms with Crippen LogP contribution in [0.1, 0.15) is 47.3 Å². The van der Waals surface area contributed by atoms with Gasteiger partial charge in [-0.25, -0.2) is 14.7 Å². The largest absolute Gasteiger partial charge is 0.496 e. The average Bonchev–Trinajstić information content (AvgIpc) is 2.95. The second-order valence-electron chi connectivity index (χ2n) is 9.91. The van der Waals surface area contributed by atoms with Gasteiger partial charge in [-0.15, -0.1) is 0 Å². The van der Waals surface area contributed by atoms with E-state index in [1.165, 1.54) is 0 Å². The van der Waals surface area contributed by atoms with E-state index in [0.29, 0.717) is 61.6 Å². The summed E-state index contributed by atoms with van der Waals surface area (Å²) < 4.78 is 36.2. The SMILES string of the molecule is COc1ccccc1C(=O)NC[C@]1(c2ccccc2)CC[C@H](NS(=O)(=O)NCCNc2cc(C)nc(Cl)n2)CC1. The van der Waals surface area contributed by atoms with Crippen LogP contribution < -0.4 is 24.8 Å². The zero-order valence-electron chi connectivity index (χ0n) is 22.6. The number of rotatable bonds is 12. The molecule has 0 spiro atoms. The lowest BCUT2D eigenvalue weighted by molar-refractivity contribution is 0.0932. The summed E-state index contributed by atoms with van der Waals surface area (Å²) in [6.07, 6.45) is 2.70. The lowest BCUT2D eigenvalue weighted by Gasteiger charge is -2.41. The molecule has 1 aliphatic carbocycles. The van der Waals surface area contributed by atoms with E-state index in [1.807, 2.05) is 24.3 Å². The van der Waals surface area contributed by atoms with E-state index >= 15 is 0 Å². The number of aryl methyl sites for hydroxylation is 1. The van der Waals surface area contributed by atoms with Crippen molar-refractivity contribution in [3.8, 4) is 5.75 Å². The summed E-state index contributed by atoms with van der Waals surface area (Å²) in [6, 6.07) is 18.7. The summed E-state index contributed by atoms with van der Waals surface area (Å²) in [5, 5.41) is 6.28. The molecule has 10 nitrogen and oxygen atoms in total. The molecule has 1 aromatic heterocycles. The number of carbonyl (C=O) groups is 1. The third-order valence-corrected chi connectivity index (χ3v) is 8.54. The van der Waals surface area contributed by atoms with E-state index < -0.39 is 10.2 Å². The maximum absolute atomic E-state index is 13.0. The molecule has 12 heteroatoms. The molecule has 1 heterocycles. The maximum Gasteiger partial charge on any atom is 0.277 e. The average molecular weight is 587 g/mol. The number of aromatic nitrogens is 2. The molecular formula is C28H35ClN6O4S. The van der Waals surface area contributed by atoms with E-state index in [4.69, 9.17) is 16.3 Å². The first kappa shape index (κ1) is 29.7. The van der Waals surface area contributed by atoms with Crippen molar-refractivity contribution in [2.24, 2.45) is 0 Å². The normalized spacial score (nSPS) is 19.1. The smallest absolute Gasteiger partial charge is 0.277 e. The monoisotopic (exact) mass is 586 g/mol. The number of amides is 1. The molecule has 0 aliphatic heterocycles. The Morgan fingerprint density at radius 1 is 1.05 bits per heavy atom. The van der Waals surface area contributed by atoms with Crippen molar-refractivity contribution in [2.45, 2.75) is 44.1 Å². The Balaban J connectivity index is 1.33. The van der Waals surface area contributed by atoms with Crippen LogP contribution in [0.25, 0.3) is 0 Å². The van der Waals surface area contributed by atoms with Crippen LogP contribution in [-0.2, 0) is 15.6 Å². The van der Waals surface area contributed by atoms with Gasteiger partial charge in [0, 0.05) is 42.9 Å². The second kappa shape index (κ2) is 13.4. The minimum Gasteiger partial charge on any atom is -0.496 e. The minimum absolute atomic E-state index is 0.132. The van der Waals surface area contributed by atoms with Gasteiger partial charge in [-0.3, -0.25) is 4.79 Å². The molecule has 2 aromatic carbocycles. The molecule has 214 valence electrons. The number of hydrogen-bond acceptors (Lipinski definition) is 7. The minimum atomic E-state index is -3.71. The fraction of sp³-hybridized carbons (Fsp3) is 0.393. The van der Waals surface area contributed by atoms with Crippen molar-refractivity contribution < 1.29 is 17.9 Å². The maximum atomic E-state index is 13.0. The molecule has 40 heavy (non-hydrogen) atoms. The lowest BCUT2D eigenvalue weighted by atomic mass is 9.68. The fourth-order valence-corrected chi connectivity index (χ4v) is 6.44. The van der Waals surface area contributed by atoms with Gasteiger partial charge in [0.25, 0.3) is 16.1 Å². The molecule has 0 bridgehead atoms. The highest BCUT2D eigenvalue weighted by atomic mass is 35.5. The van der Waals surface area contributed by atoms with Crippen LogP contribution in [0, 0.1) is 6.92 Å². The molecule has 0 radical (unpaired) electrons. The molecule has 0 atom stereocenters. The Hall–Kier alpha value is -3.25. The Bertz CT molecular complexity index is 1380. The van der Waals surface area contributed by atoms with Gasteiger partial charge in [0.15, 0.2) is 0 Å². The van der Waals surface area contributed by atoms with Gasteiger partial charge in [0.05, 0.1) is 12.7 Å². The fourth-order valence-electron chi connectivity index (χ4n) is 5.08. The van der Waals surface area contributed by atoms with Gasteiger partial charge < -0.3 is 15.4 Å². The molecule has 1 saturated carbocycles. The molecule has 4 N–H and O–H groups in total. The quantitative estimate of drug-likeness (QED) is 0.188. The van der Waals surface area contributed by atoms with Crippen LogP contribution in [0.2, 0.25) is 5.28 Å². The highest BCUT2D eigenvalue weighted by Gasteiger charge is 2.38. The zero-order chi connectivity index (χ0) is 28.6. The van der Waals surface area contributed by atoms with Crippen molar-refractivity contribution in [3.05, 3.63) is 82.8 Å². The van der Waals surface area contributed by atoms with E-state index in [2.05, 4.69) is 42.2 Å². The lowest BCUT2D eigenvalue weighted by Crippen LogP contribution is -2.49. The van der Waals surface area contributed by atoms with Crippen LogP contribution in [-0.4, -0.2) is 57.1 Å². The van der Waals surface area contributed by atoms with Gasteiger partial charge in [-0.1, -0.05) is 42.5 Å². The van der Waals surface area contributed by atoms with Crippen LogP contribution in [0.15, 0.2) is 60.7 Å². The first-order valence-corrected chi connectivity index (χ1v) is 15.0. The summed E-state index contributed by atoms with van der Waals surface area (Å²) in [4.78, 5) is 21.1. The number of para-hydroxylation sites is 1. The van der Waals surface area contributed by atoms with Gasteiger partial charge in [-0.2, -0.15) is 13.1 Å². The van der Waals surface area contributed by atoms with E-state index in [9.17, 15) is 13.2 Å². The summed E-state index contributed by atoms with van der Waals surface area (Å²) in [5.74, 6) is 0.852. The number of methoxy groups -OCH3 is 1. The second-order valence-corrected chi connectivity index (χ2v) is 11.8. The van der Waals surface area contributed by atoms with Crippen molar-refractivity contribution in [1.82, 2.24) is 24.7 Å². The number of anilines is 1. The number of nitrogens with zero attached hydrogens (tertiary/aromatic N) is 2. The van der Waals surface area contributed by atoms with Gasteiger partial charge >= 0.3 is 0 Å². The van der Waals surface area contributed by atoms with Crippen molar-refractivity contribution in [2.75, 3.05) is 32.1 Å². The summed E-state index contributed by atoms with van der Waals surface area (Å²) in [6.45, 7) is 2.74. The number of nitrogens with one attached hydrogen (secondary N) is 4. The Morgan fingerprint density at radius 3 is 2.45 bits per heavy atom. The molecule has 1 fully saturated rings. The molecule has 0 unspecified atom stereocenters. The number of benzene rings is 2. The van der Waals surface area contributed by atoms with Gasteiger partial charge in [0.1, 0.15) is 11.6 Å². The first-order chi connectivity index (χ1) is 19.2. The predicted octanol–water partition coefficient (Wildman–Crippen LogP) is 3.59. The Labute approximate surface area is 240 Å². The zero-order valence-corrected chi connectivity index (χ0v) is 24.2. The Kier molecular flexibility index (Phi) is 9.96. The van der Waals surface area contributed by atoms with E-state index in [0.717, 1.165) is 5.56 Å². The molecule has 1 amide bonds. The van der Waals surface area contributed by atoms with Crippen LogP contribution >= 0.6 is 11.6 Å². The summed E-state index contributed by atoms with van der Waals surface area (Å²) in [7, 11) is -2.16. The summed E-state index contributed by atoms with van der Waals surface area (Å²) in [5.41, 5.74) is 2.01. The van der Waals surface area contributed by atoms with Gasteiger partial charge in [-0.05, 0) is 61.9 Å². The predicted molar refractivity (Wildman–Crippen MR) is 156 cm³/mol. The van der Waals surface area contributed by atoms with E-state index in [1.54, 1.807) is 38.3 Å². The van der Waals surface area contributed by atoms with Crippen molar-refractivity contribution in [3.63, 3.8) is 0 Å². The summed E-state index contributed by atoms with van der Waals surface area (Å²) >= 11 is 5.87. The molecule has 1 aliphatic rings. The highest BCUT2D eigenvalue weighted by molar-refractivity contribution is 7.87. The highest BCUT2D eigenvalue weighted by Crippen LogP contribution is 2.39. The number of carbonyl (C=O) groups excluding carboxylic acids is 1. The van der Waals surface area contributed by atoms with Crippen molar-refractivity contribution in [1.29, 1.82) is 0 Å². The third-order valence-electron chi connectivity index (χ3n) is 7.14. The van der Waals surface area contributed by atoms with E-state index in [-0.39, 0.29) is 29.2 Å². The molecule has 3 aromatic rings. The van der Waals surface area contributed by atoms with Crippen LogP contribution in [0.4, 0.5) is 5.82 Å². The molecule has 4 rings (SSSR count). The van der Waals surface area contributed by atoms with Gasteiger partial charge in [0.2, 0.25) is 5.28 Å². The number of hydrogen-bond donors (Lipinski definition) is 4. The molecular weight excluding hydrogens is 552 g/mol. The first-order valence-electron chi connectivity index (χ1n) is 13.2. The Morgan fingerprint density at radius 2 is 1.75 bits per heavy atom. The standard InChI is InChI=1S/C28H35ClN6O4S/c1-20-18-25(34-27(29)33-20)30-16-17-32-40(37,38)35-22-12-14-28(15-13-22,21-8-4-3-5-9-21)19-31-26(36)23-10-6-7-11-24(23)39-2/h3-11,18,22,32,35H,12-17,19H2,1-2H3,(H,31,36)(H,30,33,34)/t22-,28-. The third kappa shape index (κ3) is 7.91. The van der Waals surface area contributed by atoms with Crippen LogP contribution in [0.5, 0.6) is 5.75 Å². The topological polar surface area (TPSA) is 134 Å². The van der Waals surface area contributed by atoms with Crippen LogP contribution in [0.3, 0.4) is 0 Å². The number of ether oxygens (including phenoxy) is 1.